The Morgan fingerprint density at radius 1 is 1.15 bits per heavy atom. The van der Waals surface area contributed by atoms with Gasteiger partial charge < -0.3 is 10.0 Å². The van der Waals surface area contributed by atoms with Gasteiger partial charge in [-0.3, -0.25) is 4.90 Å². The van der Waals surface area contributed by atoms with Gasteiger partial charge >= 0.3 is 0 Å². The average molecular weight is 379 g/mol. The van der Waals surface area contributed by atoms with E-state index in [-0.39, 0.29) is 0 Å². The molecule has 2 atom stereocenters. The van der Waals surface area contributed by atoms with E-state index < -0.39 is 5.60 Å². The molecule has 26 heavy (non-hydrogen) atoms. The van der Waals surface area contributed by atoms with Crippen molar-refractivity contribution in [3.8, 4) is 0 Å². The minimum Gasteiger partial charge on any atom is -0.389 e. The molecule has 1 aromatic carbocycles. The SMILES string of the molecule is CCC(O)(C(C)CN1CCN(c2cccc(Cl)c2)CC1)C1CCCCC1. The number of rotatable bonds is 6. The van der Waals surface area contributed by atoms with Crippen LogP contribution in [0, 0.1) is 11.8 Å². The van der Waals surface area contributed by atoms with E-state index in [9.17, 15) is 5.11 Å². The van der Waals surface area contributed by atoms with Crippen molar-refractivity contribution in [3.05, 3.63) is 29.3 Å². The van der Waals surface area contributed by atoms with Gasteiger partial charge in [-0.2, -0.15) is 0 Å². The van der Waals surface area contributed by atoms with Crippen molar-refractivity contribution in [2.75, 3.05) is 37.6 Å². The molecule has 0 aromatic heterocycles. The second kappa shape index (κ2) is 8.95. The van der Waals surface area contributed by atoms with Crippen LogP contribution in [0.1, 0.15) is 52.4 Å². The molecule has 0 spiro atoms. The molecule has 0 radical (unpaired) electrons. The highest BCUT2D eigenvalue weighted by Crippen LogP contribution is 2.39. The van der Waals surface area contributed by atoms with Crippen LogP contribution in [0.4, 0.5) is 5.69 Å². The lowest BCUT2D eigenvalue weighted by Gasteiger charge is -2.45. The number of nitrogens with zero attached hydrogens (tertiary/aromatic N) is 2. The van der Waals surface area contributed by atoms with E-state index in [0.29, 0.717) is 11.8 Å². The lowest BCUT2D eigenvalue weighted by Crippen LogP contribution is -2.52. The Labute approximate surface area is 164 Å². The summed E-state index contributed by atoms with van der Waals surface area (Å²) in [5.41, 5.74) is 0.724. The lowest BCUT2D eigenvalue weighted by molar-refractivity contribution is -0.0868. The summed E-state index contributed by atoms with van der Waals surface area (Å²) in [4.78, 5) is 4.95. The fraction of sp³-hybridized carbons (Fsp3) is 0.727. The number of hydrogen-bond donors (Lipinski definition) is 1. The normalized spacial score (nSPS) is 23.6. The Morgan fingerprint density at radius 3 is 2.46 bits per heavy atom. The predicted octanol–water partition coefficient (Wildman–Crippen LogP) is 4.82. The third-order valence-electron chi connectivity index (χ3n) is 6.81. The van der Waals surface area contributed by atoms with Crippen molar-refractivity contribution in [3.63, 3.8) is 0 Å². The maximum absolute atomic E-state index is 11.5. The second-order valence-electron chi connectivity index (χ2n) is 8.35. The van der Waals surface area contributed by atoms with E-state index >= 15 is 0 Å². The minimum atomic E-state index is -0.496. The smallest absolute Gasteiger partial charge is 0.0710 e. The van der Waals surface area contributed by atoms with Gasteiger partial charge in [-0.1, -0.05) is 50.8 Å². The summed E-state index contributed by atoms with van der Waals surface area (Å²) in [6.45, 7) is 9.61. The first kappa shape index (κ1) is 20.0. The van der Waals surface area contributed by atoms with E-state index in [1.165, 1.54) is 37.8 Å². The van der Waals surface area contributed by atoms with E-state index in [4.69, 9.17) is 11.6 Å². The van der Waals surface area contributed by atoms with Crippen LogP contribution in [0.25, 0.3) is 0 Å². The highest BCUT2D eigenvalue weighted by Gasteiger charge is 2.41. The van der Waals surface area contributed by atoms with Gasteiger partial charge in [0, 0.05) is 43.4 Å². The van der Waals surface area contributed by atoms with Crippen molar-refractivity contribution in [2.24, 2.45) is 11.8 Å². The molecule has 1 saturated heterocycles. The van der Waals surface area contributed by atoms with Crippen LogP contribution in [0.15, 0.2) is 24.3 Å². The molecule has 2 fully saturated rings. The van der Waals surface area contributed by atoms with Crippen LogP contribution in [0.2, 0.25) is 5.02 Å². The molecule has 1 aromatic rings. The van der Waals surface area contributed by atoms with E-state index in [0.717, 1.165) is 44.2 Å². The highest BCUT2D eigenvalue weighted by molar-refractivity contribution is 6.30. The molecule has 2 unspecified atom stereocenters. The number of piperazine rings is 1. The largest absolute Gasteiger partial charge is 0.389 e. The second-order valence-corrected chi connectivity index (χ2v) is 8.78. The molecular formula is C22H35ClN2O. The quantitative estimate of drug-likeness (QED) is 0.768. The van der Waals surface area contributed by atoms with Crippen molar-refractivity contribution in [2.45, 2.75) is 58.0 Å². The Hall–Kier alpha value is -0.770. The molecule has 0 amide bonds. The van der Waals surface area contributed by atoms with E-state index in [1.807, 2.05) is 12.1 Å². The number of anilines is 1. The Kier molecular flexibility index (Phi) is 6.87. The summed E-state index contributed by atoms with van der Waals surface area (Å²) in [6.07, 6.45) is 7.21. The third kappa shape index (κ3) is 4.55. The molecular weight excluding hydrogens is 344 g/mol. The van der Waals surface area contributed by atoms with Crippen LogP contribution in [-0.2, 0) is 0 Å². The molecule has 1 aliphatic heterocycles. The summed E-state index contributed by atoms with van der Waals surface area (Å²) in [6, 6.07) is 8.15. The molecule has 0 bridgehead atoms. The maximum atomic E-state index is 11.5. The Morgan fingerprint density at radius 2 is 1.85 bits per heavy atom. The van der Waals surface area contributed by atoms with Crippen LogP contribution >= 0.6 is 11.6 Å². The molecule has 4 heteroatoms. The third-order valence-corrected chi connectivity index (χ3v) is 7.04. The zero-order valence-corrected chi connectivity index (χ0v) is 17.2. The van der Waals surface area contributed by atoms with Crippen LogP contribution in [-0.4, -0.2) is 48.3 Å². The molecule has 1 saturated carbocycles. The maximum Gasteiger partial charge on any atom is 0.0710 e. The average Bonchev–Trinajstić information content (AvgIpc) is 2.68. The molecule has 1 aliphatic carbocycles. The molecule has 2 aliphatic rings. The summed E-state index contributed by atoms with van der Waals surface area (Å²) in [5.74, 6) is 0.817. The number of hydrogen-bond acceptors (Lipinski definition) is 3. The summed E-state index contributed by atoms with van der Waals surface area (Å²) in [7, 11) is 0. The number of aliphatic hydroxyl groups is 1. The molecule has 3 nitrogen and oxygen atoms in total. The first-order chi connectivity index (χ1) is 12.5. The molecule has 3 rings (SSSR count). The summed E-state index contributed by atoms with van der Waals surface area (Å²) < 4.78 is 0. The lowest BCUT2D eigenvalue weighted by atomic mass is 9.69. The minimum absolute atomic E-state index is 0.327. The highest BCUT2D eigenvalue weighted by atomic mass is 35.5. The fourth-order valence-electron chi connectivity index (χ4n) is 5.05. The molecule has 1 heterocycles. The number of halogens is 1. The predicted molar refractivity (Wildman–Crippen MR) is 111 cm³/mol. The van der Waals surface area contributed by atoms with Crippen LogP contribution in [0.5, 0.6) is 0 Å². The van der Waals surface area contributed by atoms with Gasteiger partial charge in [0.1, 0.15) is 0 Å². The molecule has 1 N–H and O–H groups in total. The van der Waals surface area contributed by atoms with E-state index in [2.05, 4.69) is 35.8 Å². The summed E-state index contributed by atoms with van der Waals surface area (Å²) in [5, 5.41) is 12.3. The van der Waals surface area contributed by atoms with Crippen molar-refractivity contribution in [1.29, 1.82) is 0 Å². The van der Waals surface area contributed by atoms with Crippen LogP contribution < -0.4 is 4.90 Å². The van der Waals surface area contributed by atoms with Gasteiger partial charge in [-0.25, -0.2) is 0 Å². The first-order valence-electron chi connectivity index (χ1n) is 10.5. The standard InChI is InChI=1S/C22H35ClN2O/c1-3-22(26,19-8-5-4-6-9-19)18(2)17-24-12-14-25(15-13-24)21-11-7-10-20(23)16-21/h7,10-11,16,18-19,26H,3-6,8-9,12-15,17H2,1-2H3. The Balaban J connectivity index is 1.54. The van der Waals surface area contributed by atoms with Gasteiger partial charge in [-0.15, -0.1) is 0 Å². The fourth-order valence-corrected chi connectivity index (χ4v) is 5.23. The van der Waals surface area contributed by atoms with Gasteiger partial charge in [0.15, 0.2) is 0 Å². The zero-order valence-electron chi connectivity index (χ0n) is 16.5. The van der Waals surface area contributed by atoms with Gasteiger partial charge in [-0.05, 0) is 49.3 Å². The topological polar surface area (TPSA) is 26.7 Å². The first-order valence-corrected chi connectivity index (χ1v) is 10.9. The zero-order chi connectivity index (χ0) is 18.6. The van der Waals surface area contributed by atoms with Crippen molar-refractivity contribution < 1.29 is 5.11 Å². The van der Waals surface area contributed by atoms with Gasteiger partial charge in [0.2, 0.25) is 0 Å². The monoisotopic (exact) mass is 378 g/mol. The van der Waals surface area contributed by atoms with E-state index in [1.54, 1.807) is 0 Å². The van der Waals surface area contributed by atoms with Crippen molar-refractivity contribution in [1.82, 2.24) is 4.90 Å². The van der Waals surface area contributed by atoms with Gasteiger partial charge in [0.25, 0.3) is 0 Å². The van der Waals surface area contributed by atoms with Crippen LogP contribution in [0.3, 0.4) is 0 Å². The molecule has 146 valence electrons. The Bertz CT molecular complexity index is 567. The van der Waals surface area contributed by atoms with Gasteiger partial charge in [0.05, 0.1) is 5.60 Å². The number of benzene rings is 1. The van der Waals surface area contributed by atoms with Crippen molar-refractivity contribution >= 4 is 17.3 Å². The summed E-state index contributed by atoms with van der Waals surface area (Å²) >= 11 is 6.14.